The number of nitrogens with zero attached hydrogens (tertiary/aromatic N) is 2. The highest BCUT2D eigenvalue weighted by Gasteiger charge is 2.27. The summed E-state index contributed by atoms with van der Waals surface area (Å²) >= 11 is 6.16. The predicted octanol–water partition coefficient (Wildman–Crippen LogP) is 4.26. The van der Waals surface area contributed by atoms with Crippen molar-refractivity contribution in [3.63, 3.8) is 0 Å². The van der Waals surface area contributed by atoms with E-state index >= 15 is 0 Å². The summed E-state index contributed by atoms with van der Waals surface area (Å²) in [6, 6.07) is 9.08. The molecule has 1 N–H and O–H groups in total. The molecule has 2 aromatic rings. The monoisotopic (exact) mass is 333 g/mol. The van der Waals surface area contributed by atoms with Gasteiger partial charge in [-0.3, -0.25) is 20.2 Å². The average Bonchev–Trinajstić information content (AvgIpc) is 2.92. The fourth-order valence-corrected chi connectivity index (χ4v) is 3.13. The molecule has 0 heterocycles. The van der Waals surface area contributed by atoms with E-state index in [1.54, 1.807) is 0 Å². The molecule has 0 fully saturated rings. The van der Waals surface area contributed by atoms with Crippen molar-refractivity contribution in [2.75, 3.05) is 5.32 Å². The maximum absolute atomic E-state index is 11.2. The molecule has 0 saturated carbocycles. The molecule has 1 unspecified atom stereocenters. The third-order valence-corrected chi connectivity index (χ3v) is 4.29. The number of fused-ring (bicyclic) bond motifs is 1. The Balaban J connectivity index is 1.94. The van der Waals surface area contributed by atoms with Crippen molar-refractivity contribution in [3.8, 4) is 0 Å². The highest BCUT2D eigenvalue weighted by molar-refractivity contribution is 6.31. The molecule has 0 radical (unpaired) electrons. The molecule has 0 bridgehead atoms. The second-order valence-corrected chi connectivity index (χ2v) is 5.67. The molecular weight excluding hydrogens is 322 g/mol. The van der Waals surface area contributed by atoms with Crippen molar-refractivity contribution in [3.05, 3.63) is 72.8 Å². The van der Waals surface area contributed by atoms with Gasteiger partial charge in [0.2, 0.25) is 0 Å². The van der Waals surface area contributed by atoms with Crippen LogP contribution in [0.3, 0.4) is 0 Å². The van der Waals surface area contributed by atoms with E-state index in [-0.39, 0.29) is 23.1 Å². The molecule has 0 aromatic heterocycles. The van der Waals surface area contributed by atoms with E-state index in [2.05, 4.69) is 5.32 Å². The standard InChI is InChI=1S/C15H12ClN3O4/c16-12-3-1-2-11-10(12)5-7-13(11)17-14-6-4-9(18(20)21)8-15(14)19(22)23/h1-4,6,8,13,17H,5,7H2. The largest absolute Gasteiger partial charge is 0.373 e. The van der Waals surface area contributed by atoms with Gasteiger partial charge in [0.25, 0.3) is 11.4 Å². The zero-order chi connectivity index (χ0) is 16.6. The van der Waals surface area contributed by atoms with Crippen LogP contribution in [0.15, 0.2) is 36.4 Å². The SMILES string of the molecule is O=[N+]([O-])c1ccc(NC2CCc3c(Cl)cccc32)c([N+](=O)[O-])c1. The smallest absolute Gasteiger partial charge is 0.299 e. The van der Waals surface area contributed by atoms with Crippen molar-refractivity contribution in [1.82, 2.24) is 0 Å². The van der Waals surface area contributed by atoms with Crippen molar-refractivity contribution < 1.29 is 9.85 Å². The lowest BCUT2D eigenvalue weighted by Gasteiger charge is -2.15. The molecule has 0 amide bonds. The first-order valence-corrected chi connectivity index (χ1v) is 7.32. The van der Waals surface area contributed by atoms with Gasteiger partial charge in [0, 0.05) is 11.1 Å². The first kappa shape index (κ1) is 15.2. The van der Waals surface area contributed by atoms with Crippen molar-refractivity contribution in [2.45, 2.75) is 18.9 Å². The Labute approximate surface area is 136 Å². The van der Waals surface area contributed by atoms with Crippen LogP contribution in [-0.2, 0) is 6.42 Å². The summed E-state index contributed by atoms with van der Waals surface area (Å²) in [4.78, 5) is 20.7. The Hall–Kier alpha value is -2.67. The summed E-state index contributed by atoms with van der Waals surface area (Å²) in [6.07, 6.45) is 1.54. The number of nitrogens with one attached hydrogen (secondary N) is 1. The van der Waals surface area contributed by atoms with Gasteiger partial charge < -0.3 is 5.32 Å². The number of benzene rings is 2. The van der Waals surface area contributed by atoms with Crippen molar-refractivity contribution in [2.24, 2.45) is 0 Å². The van der Waals surface area contributed by atoms with Crippen LogP contribution < -0.4 is 5.32 Å². The highest BCUT2D eigenvalue weighted by atomic mass is 35.5. The summed E-state index contributed by atoms with van der Waals surface area (Å²) < 4.78 is 0. The van der Waals surface area contributed by atoms with E-state index in [0.717, 1.165) is 30.0 Å². The van der Waals surface area contributed by atoms with Gasteiger partial charge in [0.1, 0.15) is 5.69 Å². The molecule has 23 heavy (non-hydrogen) atoms. The van der Waals surface area contributed by atoms with Gasteiger partial charge in [-0.1, -0.05) is 23.7 Å². The van der Waals surface area contributed by atoms with Crippen LogP contribution in [0.1, 0.15) is 23.6 Å². The third kappa shape index (κ3) is 2.83. The molecule has 7 nitrogen and oxygen atoms in total. The molecule has 1 aliphatic carbocycles. The summed E-state index contributed by atoms with van der Waals surface area (Å²) in [6.45, 7) is 0. The van der Waals surface area contributed by atoms with Crippen molar-refractivity contribution >= 4 is 28.7 Å². The first-order chi connectivity index (χ1) is 11.0. The normalized spacial score (nSPS) is 16.0. The second kappa shape index (κ2) is 5.85. The summed E-state index contributed by atoms with van der Waals surface area (Å²) in [5.74, 6) is 0. The van der Waals surface area contributed by atoms with Gasteiger partial charge in [-0.25, -0.2) is 0 Å². The minimum Gasteiger partial charge on any atom is -0.373 e. The maximum Gasteiger partial charge on any atom is 0.299 e. The molecular formula is C15H12ClN3O4. The molecule has 118 valence electrons. The van der Waals surface area contributed by atoms with Gasteiger partial charge in [-0.15, -0.1) is 0 Å². The Kier molecular flexibility index (Phi) is 3.87. The summed E-state index contributed by atoms with van der Waals surface area (Å²) in [7, 11) is 0. The number of rotatable bonds is 4. The van der Waals surface area contributed by atoms with E-state index in [9.17, 15) is 20.2 Å². The lowest BCUT2D eigenvalue weighted by atomic mass is 10.1. The van der Waals surface area contributed by atoms with Crippen LogP contribution >= 0.6 is 11.6 Å². The van der Waals surface area contributed by atoms with Gasteiger partial charge in [0.05, 0.1) is 22.0 Å². The number of hydrogen-bond donors (Lipinski definition) is 1. The maximum atomic E-state index is 11.2. The van der Waals surface area contributed by atoms with Gasteiger partial charge in [0.15, 0.2) is 0 Å². The average molecular weight is 334 g/mol. The van der Waals surface area contributed by atoms with Crippen molar-refractivity contribution in [1.29, 1.82) is 0 Å². The van der Waals surface area contributed by atoms with E-state index in [0.29, 0.717) is 5.02 Å². The van der Waals surface area contributed by atoms with Crippen LogP contribution in [0.5, 0.6) is 0 Å². The zero-order valence-corrected chi connectivity index (χ0v) is 12.6. The highest BCUT2D eigenvalue weighted by Crippen LogP contribution is 2.39. The molecule has 1 atom stereocenters. The third-order valence-electron chi connectivity index (χ3n) is 3.93. The lowest BCUT2D eigenvalue weighted by molar-refractivity contribution is -0.393. The number of nitro groups is 2. The first-order valence-electron chi connectivity index (χ1n) is 6.94. The summed E-state index contributed by atoms with van der Waals surface area (Å²) in [5.41, 5.74) is 1.69. The van der Waals surface area contributed by atoms with Gasteiger partial charge >= 0.3 is 0 Å². The number of nitro benzene ring substituents is 2. The zero-order valence-electron chi connectivity index (χ0n) is 11.9. The van der Waals surface area contributed by atoms with Crippen LogP contribution in [0, 0.1) is 20.2 Å². The van der Waals surface area contributed by atoms with E-state index in [1.807, 2.05) is 18.2 Å². The predicted molar refractivity (Wildman–Crippen MR) is 85.9 cm³/mol. The number of anilines is 1. The molecule has 0 spiro atoms. The molecule has 0 saturated heterocycles. The molecule has 1 aliphatic rings. The minimum absolute atomic E-state index is 0.108. The van der Waals surface area contributed by atoms with Gasteiger partial charge in [-0.05, 0) is 36.1 Å². The Morgan fingerprint density at radius 1 is 1.13 bits per heavy atom. The second-order valence-electron chi connectivity index (χ2n) is 5.26. The van der Waals surface area contributed by atoms with Crippen LogP contribution in [0.25, 0.3) is 0 Å². The topological polar surface area (TPSA) is 98.3 Å². The molecule has 8 heteroatoms. The van der Waals surface area contributed by atoms with Crippen LogP contribution in [0.2, 0.25) is 5.02 Å². The fraction of sp³-hybridized carbons (Fsp3) is 0.200. The van der Waals surface area contributed by atoms with Crippen LogP contribution in [0.4, 0.5) is 17.1 Å². The number of hydrogen-bond acceptors (Lipinski definition) is 5. The van der Waals surface area contributed by atoms with E-state index in [4.69, 9.17) is 11.6 Å². The Morgan fingerprint density at radius 2 is 1.91 bits per heavy atom. The van der Waals surface area contributed by atoms with E-state index in [1.165, 1.54) is 12.1 Å². The molecule has 0 aliphatic heterocycles. The number of halogens is 1. The molecule has 2 aromatic carbocycles. The quantitative estimate of drug-likeness (QED) is 0.666. The Morgan fingerprint density at radius 3 is 2.61 bits per heavy atom. The van der Waals surface area contributed by atoms with Crippen LogP contribution in [-0.4, -0.2) is 9.85 Å². The fourth-order valence-electron chi connectivity index (χ4n) is 2.85. The Bertz CT molecular complexity index is 809. The van der Waals surface area contributed by atoms with E-state index < -0.39 is 9.85 Å². The summed E-state index contributed by atoms with van der Waals surface area (Å²) in [5, 5.41) is 25.8. The minimum atomic E-state index is -0.651. The lowest BCUT2D eigenvalue weighted by Crippen LogP contribution is -2.09. The van der Waals surface area contributed by atoms with Gasteiger partial charge in [-0.2, -0.15) is 0 Å². The number of non-ortho nitro benzene ring substituents is 1. The molecule has 3 rings (SSSR count).